The smallest absolute Gasteiger partial charge is 0.243 e. The van der Waals surface area contributed by atoms with Crippen LogP contribution in [-0.2, 0) is 4.79 Å². The number of hydrogen-bond donors (Lipinski definition) is 2. The monoisotopic (exact) mass is 450 g/mol. The zero-order chi connectivity index (χ0) is 16.1. The minimum absolute atomic E-state index is 0. The van der Waals surface area contributed by atoms with Crippen LogP contribution in [0.2, 0.25) is 5.02 Å². The Kier molecular flexibility index (Phi) is 8.11. The topological polar surface area (TPSA) is 56.7 Å². The van der Waals surface area contributed by atoms with Crippen LogP contribution in [0, 0.1) is 0 Å². The number of benzene rings is 1. The maximum Gasteiger partial charge on any atom is 0.243 e. The summed E-state index contributed by atoms with van der Waals surface area (Å²) >= 11 is 6.23. The number of carbonyl (C=O) groups excluding carboxylic acids is 1. The number of nitrogens with one attached hydrogen (secondary N) is 2. The van der Waals surface area contributed by atoms with Gasteiger partial charge in [0.15, 0.2) is 5.96 Å². The second-order valence-corrected chi connectivity index (χ2v) is 6.17. The molecule has 1 atom stereocenters. The predicted octanol–water partition coefficient (Wildman–Crippen LogP) is 2.80. The summed E-state index contributed by atoms with van der Waals surface area (Å²) in [6.07, 6.45) is 2.28. The Bertz CT molecular complexity index is 561. The Labute approximate surface area is 159 Å². The van der Waals surface area contributed by atoms with Gasteiger partial charge in [0.2, 0.25) is 5.91 Å². The number of nitrogens with zero attached hydrogens (tertiary/aromatic N) is 2. The molecule has 1 fully saturated rings. The molecule has 128 valence electrons. The molecule has 1 aliphatic carbocycles. The quantitative estimate of drug-likeness (QED) is 0.412. The zero-order valence-corrected chi connectivity index (χ0v) is 16.8. The average molecular weight is 451 g/mol. The lowest BCUT2D eigenvalue weighted by atomic mass is 10.1. The van der Waals surface area contributed by atoms with E-state index >= 15 is 0 Å². The lowest BCUT2D eigenvalue weighted by Crippen LogP contribution is -2.41. The Morgan fingerprint density at radius 3 is 2.61 bits per heavy atom. The minimum Gasteiger partial charge on any atom is -0.354 e. The van der Waals surface area contributed by atoms with Crippen LogP contribution in [0.1, 0.15) is 31.4 Å². The first-order chi connectivity index (χ1) is 10.5. The molecule has 1 unspecified atom stereocenters. The molecule has 5 nitrogen and oxygen atoms in total. The molecule has 0 saturated heterocycles. The molecule has 1 saturated carbocycles. The highest BCUT2D eigenvalue weighted by molar-refractivity contribution is 14.0. The standard InChI is InChI=1S/C16H23ClN4O.HI/c1-11(13-6-4-5-7-14(13)17)19-16(20-12-8-9-12)18-10-15(22)21(2)3;/h4-7,11-12H,8-10H2,1-3H3,(H2,18,19,20);1H. The van der Waals surface area contributed by atoms with Gasteiger partial charge in [0.25, 0.3) is 0 Å². The van der Waals surface area contributed by atoms with Crippen LogP contribution in [0.25, 0.3) is 0 Å². The van der Waals surface area contributed by atoms with Crippen molar-refractivity contribution < 1.29 is 4.79 Å². The largest absolute Gasteiger partial charge is 0.354 e. The molecule has 1 aromatic rings. The third-order valence-corrected chi connectivity index (χ3v) is 3.86. The summed E-state index contributed by atoms with van der Waals surface area (Å²) in [4.78, 5) is 17.6. The molecule has 1 aromatic carbocycles. The van der Waals surface area contributed by atoms with E-state index in [0.717, 1.165) is 23.4 Å². The summed E-state index contributed by atoms with van der Waals surface area (Å²) in [6.45, 7) is 2.16. The van der Waals surface area contributed by atoms with Gasteiger partial charge in [0.1, 0.15) is 6.54 Å². The highest BCUT2D eigenvalue weighted by atomic mass is 127. The number of carbonyl (C=O) groups is 1. The van der Waals surface area contributed by atoms with Crippen molar-refractivity contribution in [1.82, 2.24) is 15.5 Å². The first-order valence-electron chi connectivity index (χ1n) is 7.49. The Balaban J connectivity index is 0.00000264. The van der Waals surface area contributed by atoms with Crippen LogP contribution in [0.4, 0.5) is 0 Å². The van der Waals surface area contributed by atoms with E-state index in [1.807, 2.05) is 31.2 Å². The van der Waals surface area contributed by atoms with Crippen LogP contribution >= 0.6 is 35.6 Å². The molecule has 0 aromatic heterocycles. The molecule has 1 aliphatic rings. The van der Waals surface area contributed by atoms with Crippen LogP contribution in [-0.4, -0.2) is 43.4 Å². The molecule has 1 amide bonds. The second-order valence-electron chi connectivity index (χ2n) is 5.76. The summed E-state index contributed by atoms with van der Waals surface area (Å²) < 4.78 is 0. The number of aliphatic imine (C=N–C) groups is 1. The molecule has 0 radical (unpaired) electrons. The Morgan fingerprint density at radius 1 is 1.39 bits per heavy atom. The SMILES string of the molecule is CC(NC(=NCC(=O)N(C)C)NC1CC1)c1ccccc1Cl.I. The van der Waals surface area contributed by atoms with E-state index in [0.29, 0.717) is 12.0 Å². The van der Waals surface area contributed by atoms with E-state index in [9.17, 15) is 4.79 Å². The van der Waals surface area contributed by atoms with Gasteiger partial charge in [-0.2, -0.15) is 0 Å². The van der Waals surface area contributed by atoms with Crippen molar-refractivity contribution in [3.8, 4) is 0 Å². The number of hydrogen-bond acceptors (Lipinski definition) is 2. The second kappa shape index (κ2) is 9.32. The van der Waals surface area contributed by atoms with Crippen molar-refractivity contribution in [3.05, 3.63) is 34.9 Å². The summed E-state index contributed by atoms with van der Waals surface area (Å²) in [5.74, 6) is 0.632. The van der Waals surface area contributed by atoms with Gasteiger partial charge in [0, 0.05) is 25.2 Å². The maximum atomic E-state index is 11.7. The molecule has 2 N–H and O–H groups in total. The van der Waals surface area contributed by atoms with Gasteiger partial charge in [-0.15, -0.1) is 24.0 Å². The van der Waals surface area contributed by atoms with Gasteiger partial charge in [-0.25, -0.2) is 4.99 Å². The molecular formula is C16H24ClIN4O. The number of guanidine groups is 1. The van der Waals surface area contributed by atoms with Crippen molar-refractivity contribution >= 4 is 47.4 Å². The highest BCUT2D eigenvalue weighted by Crippen LogP contribution is 2.23. The molecule has 0 aliphatic heterocycles. The third kappa shape index (κ3) is 6.55. The zero-order valence-electron chi connectivity index (χ0n) is 13.7. The number of amides is 1. The third-order valence-electron chi connectivity index (χ3n) is 3.51. The predicted molar refractivity (Wildman–Crippen MR) is 106 cm³/mol. The molecule has 2 rings (SSSR count). The van der Waals surface area contributed by atoms with Gasteiger partial charge < -0.3 is 15.5 Å². The summed E-state index contributed by atoms with van der Waals surface area (Å²) in [5, 5.41) is 7.37. The molecule has 0 bridgehead atoms. The lowest BCUT2D eigenvalue weighted by Gasteiger charge is -2.19. The molecule has 0 heterocycles. The fraction of sp³-hybridized carbons (Fsp3) is 0.500. The van der Waals surface area contributed by atoms with E-state index in [1.165, 1.54) is 4.90 Å². The maximum absolute atomic E-state index is 11.7. The fourth-order valence-electron chi connectivity index (χ4n) is 1.95. The van der Waals surface area contributed by atoms with Gasteiger partial charge in [-0.3, -0.25) is 4.79 Å². The molecular weight excluding hydrogens is 427 g/mol. The van der Waals surface area contributed by atoms with E-state index < -0.39 is 0 Å². The minimum atomic E-state index is -0.0257. The van der Waals surface area contributed by atoms with E-state index in [-0.39, 0.29) is 42.5 Å². The van der Waals surface area contributed by atoms with Crippen LogP contribution < -0.4 is 10.6 Å². The first-order valence-corrected chi connectivity index (χ1v) is 7.87. The van der Waals surface area contributed by atoms with Gasteiger partial charge in [0.05, 0.1) is 6.04 Å². The van der Waals surface area contributed by atoms with Crippen molar-refractivity contribution in [2.24, 2.45) is 4.99 Å². The van der Waals surface area contributed by atoms with E-state index in [2.05, 4.69) is 15.6 Å². The summed E-state index contributed by atoms with van der Waals surface area (Å²) in [6, 6.07) is 8.19. The number of halogens is 2. The fourth-order valence-corrected chi connectivity index (χ4v) is 2.25. The van der Waals surface area contributed by atoms with Crippen molar-refractivity contribution in [2.45, 2.75) is 31.8 Å². The highest BCUT2D eigenvalue weighted by Gasteiger charge is 2.23. The molecule has 7 heteroatoms. The average Bonchev–Trinajstić information content (AvgIpc) is 3.28. The van der Waals surface area contributed by atoms with Crippen LogP contribution in [0.5, 0.6) is 0 Å². The van der Waals surface area contributed by atoms with Crippen LogP contribution in [0.3, 0.4) is 0 Å². The van der Waals surface area contributed by atoms with Gasteiger partial charge in [-0.1, -0.05) is 29.8 Å². The van der Waals surface area contributed by atoms with E-state index in [4.69, 9.17) is 11.6 Å². The normalized spacial score (nSPS) is 15.4. The van der Waals surface area contributed by atoms with E-state index in [1.54, 1.807) is 14.1 Å². The number of likely N-dealkylation sites (N-methyl/N-ethyl adjacent to an activating group) is 1. The lowest BCUT2D eigenvalue weighted by molar-refractivity contribution is -0.127. The van der Waals surface area contributed by atoms with Crippen molar-refractivity contribution in [2.75, 3.05) is 20.6 Å². The van der Waals surface area contributed by atoms with Gasteiger partial charge in [-0.05, 0) is 31.4 Å². The summed E-state index contributed by atoms with van der Waals surface area (Å²) in [7, 11) is 3.46. The molecule has 23 heavy (non-hydrogen) atoms. The molecule has 0 spiro atoms. The van der Waals surface area contributed by atoms with Crippen molar-refractivity contribution in [3.63, 3.8) is 0 Å². The Morgan fingerprint density at radius 2 is 2.04 bits per heavy atom. The van der Waals surface area contributed by atoms with Crippen molar-refractivity contribution in [1.29, 1.82) is 0 Å². The van der Waals surface area contributed by atoms with Gasteiger partial charge >= 0.3 is 0 Å². The first kappa shape index (κ1) is 20.0. The Hall–Kier alpha value is -1.02. The number of rotatable bonds is 5. The summed E-state index contributed by atoms with van der Waals surface area (Å²) in [5.41, 5.74) is 1.01. The van der Waals surface area contributed by atoms with Crippen LogP contribution in [0.15, 0.2) is 29.3 Å².